The number of carbonyl (C=O) groups is 3. The summed E-state index contributed by atoms with van der Waals surface area (Å²) >= 11 is 0. The van der Waals surface area contributed by atoms with Gasteiger partial charge in [0, 0.05) is 32.2 Å². The molecule has 2 heterocycles. The summed E-state index contributed by atoms with van der Waals surface area (Å²) in [5.41, 5.74) is 6.52. The van der Waals surface area contributed by atoms with E-state index in [0.29, 0.717) is 37.4 Å². The third kappa shape index (κ3) is 6.25. The fraction of sp³-hybridized carbons (Fsp3) is 0.355. The van der Waals surface area contributed by atoms with E-state index in [2.05, 4.69) is 6.07 Å². The van der Waals surface area contributed by atoms with Crippen LogP contribution in [0.4, 0.5) is 20.6 Å². The first-order chi connectivity index (χ1) is 20.4. The van der Waals surface area contributed by atoms with E-state index in [9.17, 15) is 24.0 Å². The van der Waals surface area contributed by atoms with Crippen molar-refractivity contribution < 1.29 is 33.0 Å². The topological polar surface area (TPSA) is 138 Å². The number of nitrogens with two attached hydrogens (primary N) is 1. The van der Waals surface area contributed by atoms with Gasteiger partial charge in [-0.1, -0.05) is 30.3 Å². The van der Waals surface area contributed by atoms with Gasteiger partial charge in [0.1, 0.15) is 22.9 Å². The first kappa shape index (κ1) is 30.9. The molecule has 2 aliphatic rings. The van der Waals surface area contributed by atoms with Gasteiger partial charge in [0.25, 0.3) is 0 Å². The minimum atomic E-state index is -1.06. The molecule has 0 spiro atoms. The molecular weight excluding hydrogens is 557 g/mol. The SMILES string of the molecule is COC(=O)C1=C(C(=O)OC)N(c2cc(F)ccc2N2CCN(C(=O)OC(C)(C)C)CC2)C(N)=C(C#N)C1c1ccccc1. The predicted octanol–water partition coefficient (Wildman–Crippen LogP) is 3.78. The summed E-state index contributed by atoms with van der Waals surface area (Å²) in [5, 5.41) is 10.3. The largest absolute Gasteiger partial charge is 0.466 e. The van der Waals surface area contributed by atoms with E-state index >= 15 is 0 Å². The van der Waals surface area contributed by atoms with E-state index in [0.717, 1.165) is 20.3 Å². The zero-order valence-corrected chi connectivity index (χ0v) is 24.7. The number of halogens is 1. The highest BCUT2D eigenvalue weighted by Crippen LogP contribution is 2.45. The van der Waals surface area contributed by atoms with Gasteiger partial charge in [-0.05, 0) is 38.5 Å². The quantitative estimate of drug-likeness (QED) is 0.404. The Labute approximate surface area is 249 Å². The number of nitriles is 1. The summed E-state index contributed by atoms with van der Waals surface area (Å²) in [6.45, 7) is 6.66. The molecule has 0 bridgehead atoms. The van der Waals surface area contributed by atoms with Gasteiger partial charge >= 0.3 is 18.0 Å². The van der Waals surface area contributed by atoms with Gasteiger partial charge in [-0.25, -0.2) is 18.8 Å². The average molecular weight is 592 g/mol. The number of hydrogen-bond donors (Lipinski definition) is 1. The Bertz CT molecular complexity index is 1520. The van der Waals surface area contributed by atoms with Gasteiger partial charge in [0.2, 0.25) is 0 Å². The molecule has 0 aliphatic carbocycles. The molecule has 12 heteroatoms. The van der Waals surface area contributed by atoms with Crippen LogP contribution < -0.4 is 15.5 Å². The standard InChI is InChI=1S/C31H34FN5O6/c1-31(2,3)43-30(40)36-15-13-35(14-16-36)22-12-11-20(32)17-23(22)37-26(29(39)42-5)25(28(38)41-4)24(21(18-33)27(37)34)19-9-7-6-8-10-19/h6-12,17,24H,13-16,34H2,1-5H3. The van der Waals surface area contributed by atoms with Crippen molar-refractivity contribution in [1.29, 1.82) is 5.26 Å². The van der Waals surface area contributed by atoms with Crippen molar-refractivity contribution in [3.8, 4) is 6.07 Å². The summed E-state index contributed by atoms with van der Waals surface area (Å²) in [6, 6.07) is 14.6. The Balaban J connectivity index is 1.87. The maximum Gasteiger partial charge on any atom is 0.410 e. The number of rotatable bonds is 5. The van der Waals surface area contributed by atoms with Crippen LogP contribution in [0.25, 0.3) is 0 Å². The molecule has 2 aromatic carbocycles. The second-order valence-corrected chi connectivity index (χ2v) is 10.9. The number of hydrogen-bond acceptors (Lipinski definition) is 10. The van der Waals surface area contributed by atoms with Crippen LogP contribution in [0.5, 0.6) is 0 Å². The molecule has 1 saturated heterocycles. The Kier molecular flexibility index (Phi) is 8.94. The van der Waals surface area contributed by atoms with Crippen LogP contribution in [0, 0.1) is 17.1 Å². The Morgan fingerprint density at radius 1 is 0.953 bits per heavy atom. The van der Waals surface area contributed by atoms with Gasteiger partial charge < -0.3 is 29.7 Å². The lowest BCUT2D eigenvalue weighted by atomic mass is 9.81. The fourth-order valence-electron chi connectivity index (χ4n) is 5.16. The molecule has 0 saturated carbocycles. The zero-order chi connectivity index (χ0) is 31.5. The molecule has 4 rings (SSSR count). The number of allylic oxidation sites excluding steroid dienone is 1. The predicted molar refractivity (Wildman–Crippen MR) is 156 cm³/mol. The molecule has 1 unspecified atom stereocenters. The lowest BCUT2D eigenvalue weighted by Gasteiger charge is -2.40. The third-order valence-electron chi connectivity index (χ3n) is 7.06. The summed E-state index contributed by atoms with van der Waals surface area (Å²) in [6.07, 6.45) is -0.445. The van der Waals surface area contributed by atoms with Crippen LogP contribution in [0.2, 0.25) is 0 Å². The molecule has 2 aliphatic heterocycles. The molecule has 1 amide bonds. The van der Waals surface area contributed by atoms with E-state index in [1.165, 1.54) is 17.0 Å². The maximum atomic E-state index is 14.9. The Morgan fingerprint density at radius 2 is 1.58 bits per heavy atom. The number of esters is 2. The average Bonchev–Trinajstić information content (AvgIpc) is 2.99. The van der Waals surface area contributed by atoms with E-state index in [-0.39, 0.29) is 28.4 Å². The van der Waals surface area contributed by atoms with Crippen molar-refractivity contribution in [3.63, 3.8) is 0 Å². The summed E-state index contributed by atoms with van der Waals surface area (Å²) < 4.78 is 30.6. The number of benzene rings is 2. The van der Waals surface area contributed by atoms with Crippen LogP contribution in [0.3, 0.4) is 0 Å². The monoisotopic (exact) mass is 591 g/mol. The molecule has 1 fully saturated rings. The summed E-state index contributed by atoms with van der Waals surface area (Å²) in [4.78, 5) is 44.1. The first-order valence-corrected chi connectivity index (χ1v) is 13.6. The second kappa shape index (κ2) is 12.4. The van der Waals surface area contributed by atoms with Crippen molar-refractivity contribution in [2.24, 2.45) is 5.73 Å². The van der Waals surface area contributed by atoms with E-state index in [1.54, 1.807) is 56.0 Å². The Morgan fingerprint density at radius 3 is 2.14 bits per heavy atom. The smallest absolute Gasteiger partial charge is 0.410 e. The number of amides is 1. The van der Waals surface area contributed by atoms with Gasteiger partial charge in [0.05, 0.1) is 48.7 Å². The molecule has 226 valence electrons. The van der Waals surface area contributed by atoms with Crippen molar-refractivity contribution >= 4 is 29.4 Å². The van der Waals surface area contributed by atoms with Crippen LogP contribution >= 0.6 is 0 Å². The van der Waals surface area contributed by atoms with Gasteiger partial charge in [0.15, 0.2) is 0 Å². The van der Waals surface area contributed by atoms with Crippen molar-refractivity contribution in [1.82, 2.24) is 4.90 Å². The maximum absolute atomic E-state index is 14.9. The minimum Gasteiger partial charge on any atom is -0.466 e. The normalized spacial score (nSPS) is 17.4. The lowest BCUT2D eigenvalue weighted by Crippen LogP contribution is -2.50. The summed E-state index contributed by atoms with van der Waals surface area (Å²) in [7, 11) is 2.30. The highest BCUT2D eigenvalue weighted by molar-refractivity contribution is 6.07. The molecule has 11 nitrogen and oxygen atoms in total. The minimum absolute atomic E-state index is 0.0378. The van der Waals surface area contributed by atoms with Gasteiger partial charge in [-0.2, -0.15) is 5.26 Å². The van der Waals surface area contributed by atoms with Crippen molar-refractivity contribution in [2.45, 2.75) is 32.3 Å². The highest BCUT2D eigenvalue weighted by atomic mass is 19.1. The highest BCUT2D eigenvalue weighted by Gasteiger charge is 2.44. The van der Waals surface area contributed by atoms with Crippen LogP contribution in [0.1, 0.15) is 32.3 Å². The fourth-order valence-corrected chi connectivity index (χ4v) is 5.16. The summed E-state index contributed by atoms with van der Waals surface area (Å²) in [5.74, 6) is -3.71. The molecule has 43 heavy (non-hydrogen) atoms. The van der Waals surface area contributed by atoms with Crippen LogP contribution in [0.15, 0.2) is 71.2 Å². The van der Waals surface area contributed by atoms with Crippen LogP contribution in [-0.4, -0.2) is 68.9 Å². The molecule has 0 aromatic heterocycles. The molecule has 2 aromatic rings. The van der Waals surface area contributed by atoms with Crippen molar-refractivity contribution in [2.75, 3.05) is 50.2 Å². The van der Waals surface area contributed by atoms with E-state index < -0.39 is 35.4 Å². The third-order valence-corrected chi connectivity index (χ3v) is 7.06. The number of methoxy groups -OCH3 is 2. The van der Waals surface area contributed by atoms with Crippen molar-refractivity contribution in [3.05, 3.63) is 82.6 Å². The lowest BCUT2D eigenvalue weighted by molar-refractivity contribution is -0.139. The number of ether oxygens (including phenoxy) is 3. The number of nitrogens with zero attached hydrogens (tertiary/aromatic N) is 4. The Hall–Kier alpha value is -5.05. The first-order valence-electron chi connectivity index (χ1n) is 13.6. The molecule has 2 N–H and O–H groups in total. The van der Waals surface area contributed by atoms with Gasteiger partial charge in [-0.15, -0.1) is 0 Å². The van der Waals surface area contributed by atoms with Gasteiger partial charge in [-0.3, -0.25) is 4.90 Å². The van der Waals surface area contributed by atoms with E-state index in [1.807, 2.05) is 4.90 Å². The second-order valence-electron chi connectivity index (χ2n) is 10.9. The molecule has 0 radical (unpaired) electrons. The molecular formula is C31H34FN5O6. The number of anilines is 2. The molecule has 1 atom stereocenters. The zero-order valence-electron chi connectivity index (χ0n) is 24.7. The number of carbonyl (C=O) groups excluding carboxylic acids is 3. The van der Waals surface area contributed by atoms with Crippen LogP contribution in [-0.2, 0) is 23.8 Å². The number of piperazine rings is 1. The van der Waals surface area contributed by atoms with E-state index in [4.69, 9.17) is 19.9 Å².